The van der Waals surface area contributed by atoms with Gasteiger partial charge in [0.2, 0.25) is 0 Å². The number of halogens is 1. The first-order chi connectivity index (χ1) is 8.62. The molecule has 1 amide bonds. The fourth-order valence-corrected chi connectivity index (χ4v) is 1.56. The summed E-state index contributed by atoms with van der Waals surface area (Å²) in [6.07, 6.45) is -0.629. The summed E-state index contributed by atoms with van der Waals surface area (Å²) in [6, 6.07) is 5.50. The lowest BCUT2D eigenvalue weighted by Crippen LogP contribution is -2.36. The average molecular weight is 289 g/mol. The largest absolute Gasteiger partial charge is 0.494 e. The summed E-state index contributed by atoms with van der Waals surface area (Å²) in [5, 5.41) is 2.78. The van der Waals surface area contributed by atoms with Crippen molar-refractivity contribution < 1.29 is 14.3 Å². The molecule has 1 rings (SSSR count). The smallest absolute Gasteiger partial charge is 0.254 e. The Morgan fingerprint density at radius 3 is 2.63 bits per heavy atom. The van der Waals surface area contributed by atoms with Crippen molar-refractivity contribution in [3.8, 4) is 5.75 Å². The molecule has 0 radical (unpaired) electrons. The first-order valence-electron chi connectivity index (χ1n) is 5.89. The van der Waals surface area contributed by atoms with E-state index in [1.165, 1.54) is 7.11 Å². The van der Waals surface area contributed by atoms with E-state index in [0.29, 0.717) is 6.61 Å². The van der Waals surface area contributed by atoms with E-state index in [4.69, 9.17) is 15.2 Å². The van der Waals surface area contributed by atoms with Crippen LogP contribution in [0.4, 0.5) is 5.69 Å². The number of carbonyl (C=O) groups excluding carboxylic acids is 1. The minimum Gasteiger partial charge on any atom is -0.494 e. The molecule has 0 aliphatic carbocycles. The van der Waals surface area contributed by atoms with Crippen LogP contribution < -0.4 is 15.8 Å². The maximum absolute atomic E-state index is 11.8. The van der Waals surface area contributed by atoms with Crippen LogP contribution in [0.3, 0.4) is 0 Å². The molecule has 0 saturated carbocycles. The third-order valence-corrected chi connectivity index (χ3v) is 2.56. The van der Waals surface area contributed by atoms with E-state index in [1.54, 1.807) is 0 Å². The van der Waals surface area contributed by atoms with Gasteiger partial charge in [0.1, 0.15) is 11.9 Å². The first-order valence-corrected chi connectivity index (χ1v) is 5.89. The van der Waals surface area contributed by atoms with Crippen LogP contribution in [-0.4, -0.2) is 32.3 Å². The molecule has 1 aromatic rings. The van der Waals surface area contributed by atoms with Crippen molar-refractivity contribution in [2.75, 3.05) is 25.6 Å². The molecule has 19 heavy (non-hydrogen) atoms. The van der Waals surface area contributed by atoms with Crippen LogP contribution in [0.25, 0.3) is 0 Å². The van der Waals surface area contributed by atoms with Gasteiger partial charge in [-0.15, -0.1) is 12.4 Å². The van der Waals surface area contributed by atoms with Crippen molar-refractivity contribution in [1.82, 2.24) is 0 Å². The zero-order valence-electron chi connectivity index (χ0n) is 11.4. The van der Waals surface area contributed by atoms with Crippen LogP contribution in [0.15, 0.2) is 18.2 Å². The molecular formula is C13H21ClN2O3. The van der Waals surface area contributed by atoms with Gasteiger partial charge in [0.25, 0.3) is 5.91 Å². The zero-order chi connectivity index (χ0) is 13.5. The van der Waals surface area contributed by atoms with Gasteiger partial charge >= 0.3 is 0 Å². The van der Waals surface area contributed by atoms with Crippen molar-refractivity contribution in [2.24, 2.45) is 5.73 Å². The van der Waals surface area contributed by atoms with Crippen LogP contribution in [-0.2, 0) is 9.53 Å². The highest BCUT2D eigenvalue weighted by molar-refractivity contribution is 5.95. The fraction of sp³-hybridized carbons (Fsp3) is 0.462. The maximum Gasteiger partial charge on any atom is 0.254 e. The van der Waals surface area contributed by atoms with Gasteiger partial charge in [-0.1, -0.05) is 0 Å². The molecule has 0 bridgehead atoms. The number of rotatable bonds is 6. The monoisotopic (exact) mass is 288 g/mol. The highest BCUT2D eigenvalue weighted by Crippen LogP contribution is 2.21. The van der Waals surface area contributed by atoms with Gasteiger partial charge in [-0.2, -0.15) is 0 Å². The molecule has 0 aromatic heterocycles. The molecule has 0 spiro atoms. The lowest BCUT2D eigenvalue weighted by atomic mass is 10.2. The van der Waals surface area contributed by atoms with E-state index < -0.39 is 6.10 Å². The van der Waals surface area contributed by atoms with Gasteiger partial charge in [0.05, 0.1) is 6.61 Å². The van der Waals surface area contributed by atoms with Crippen LogP contribution >= 0.6 is 12.4 Å². The second-order valence-corrected chi connectivity index (χ2v) is 3.86. The lowest BCUT2D eigenvalue weighted by Gasteiger charge is -2.15. The zero-order valence-corrected chi connectivity index (χ0v) is 12.3. The minimum absolute atomic E-state index is 0. The summed E-state index contributed by atoms with van der Waals surface area (Å²) in [4.78, 5) is 11.8. The number of nitrogens with two attached hydrogens (primary N) is 1. The number of hydrogen-bond donors (Lipinski definition) is 2. The number of nitrogens with one attached hydrogen (secondary N) is 1. The second-order valence-electron chi connectivity index (χ2n) is 3.86. The van der Waals surface area contributed by atoms with Crippen LogP contribution in [0.1, 0.15) is 12.5 Å². The fourth-order valence-electron chi connectivity index (χ4n) is 1.56. The molecular weight excluding hydrogens is 268 g/mol. The molecule has 1 aromatic carbocycles. The van der Waals surface area contributed by atoms with E-state index in [2.05, 4.69) is 5.32 Å². The molecule has 0 aliphatic rings. The summed E-state index contributed by atoms with van der Waals surface area (Å²) in [5.74, 6) is 0.544. The molecule has 0 saturated heterocycles. The van der Waals surface area contributed by atoms with E-state index in [0.717, 1.165) is 17.0 Å². The number of methoxy groups -OCH3 is 1. The summed E-state index contributed by atoms with van der Waals surface area (Å²) in [5.41, 5.74) is 7.10. The average Bonchev–Trinajstić information content (AvgIpc) is 2.34. The Labute approximate surface area is 119 Å². The Kier molecular flexibility index (Phi) is 8.14. The Hall–Kier alpha value is -1.30. The van der Waals surface area contributed by atoms with Gasteiger partial charge in [-0.05, 0) is 37.6 Å². The normalized spacial score (nSPS) is 11.4. The van der Waals surface area contributed by atoms with Crippen molar-refractivity contribution in [2.45, 2.75) is 20.0 Å². The molecule has 0 aliphatic heterocycles. The molecule has 0 heterocycles. The number of benzene rings is 1. The van der Waals surface area contributed by atoms with E-state index >= 15 is 0 Å². The number of ether oxygens (including phenoxy) is 2. The Bertz CT molecular complexity index is 409. The topological polar surface area (TPSA) is 73.6 Å². The van der Waals surface area contributed by atoms with Gasteiger partial charge in [-0.25, -0.2) is 0 Å². The molecule has 5 nitrogen and oxygen atoms in total. The quantitative estimate of drug-likeness (QED) is 0.836. The predicted octanol–water partition coefficient (Wildman–Crippen LogP) is 1.73. The summed E-state index contributed by atoms with van der Waals surface area (Å²) >= 11 is 0. The number of amides is 1. The molecule has 0 fully saturated rings. The highest BCUT2D eigenvalue weighted by atomic mass is 35.5. The minimum atomic E-state index is -0.629. The lowest BCUT2D eigenvalue weighted by molar-refractivity contribution is -0.125. The van der Waals surface area contributed by atoms with Crippen LogP contribution in [0.2, 0.25) is 0 Å². The summed E-state index contributed by atoms with van der Waals surface area (Å²) in [6.45, 7) is 4.60. The molecule has 1 atom stereocenters. The summed E-state index contributed by atoms with van der Waals surface area (Å²) < 4.78 is 10.4. The van der Waals surface area contributed by atoms with Gasteiger partial charge in [-0.3, -0.25) is 4.79 Å². The Morgan fingerprint density at radius 2 is 2.16 bits per heavy atom. The van der Waals surface area contributed by atoms with Gasteiger partial charge in [0.15, 0.2) is 0 Å². The number of aryl methyl sites for hydroxylation is 1. The number of anilines is 1. The van der Waals surface area contributed by atoms with Crippen LogP contribution in [0, 0.1) is 6.92 Å². The standard InChI is InChI=1S/C13H20N2O3.ClH/c1-4-18-10-5-6-11(9(2)7-10)15-13(16)12(8-14)17-3;/h5-7,12H,4,8,14H2,1-3H3,(H,15,16);1H. The van der Waals surface area contributed by atoms with E-state index in [9.17, 15) is 4.79 Å². The Balaban J connectivity index is 0.00000324. The van der Waals surface area contributed by atoms with Crippen molar-refractivity contribution >= 4 is 24.0 Å². The van der Waals surface area contributed by atoms with Crippen molar-refractivity contribution in [3.05, 3.63) is 23.8 Å². The SMILES string of the molecule is CCOc1ccc(NC(=O)C(CN)OC)c(C)c1.Cl. The predicted molar refractivity (Wildman–Crippen MR) is 78.1 cm³/mol. The second kappa shape index (κ2) is 8.74. The van der Waals surface area contributed by atoms with Crippen molar-refractivity contribution in [3.63, 3.8) is 0 Å². The maximum atomic E-state index is 11.8. The van der Waals surface area contributed by atoms with Gasteiger partial charge in [0, 0.05) is 19.3 Å². The van der Waals surface area contributed by atoms with Crippen LogP contribution in [0.5, 0.6) is 5.75 Å². The molecule has 3 N–H and O–H groups in total. The van der Waals surface area contributed by atoms with Crippen molar-refractivity contribution in [1.29, 1.82) is 0 Å². The van der Waals surface area contributed by atoms with E-state index in [1.807, 2.05) is 32.0 Å². The number of carbonyl (C=O) groups is 1. The number of hydrogen-bond acceptors (Lipinski definition) is 4. The molecule has 1 unspecified atom stereocenters. The van der Waals surface area contributed by atoms with E-state index in [-0.39, 0.29) is 24.9 Å². The highest BCUT2D eigenvalue weighted by Gasteiger charge is 2.16. The summed E-state index contributed by atoms with van der Waals surface area (Å²) in [7, 11) is 1.46. The third-order valence-electron chi connectivity index (χ3n) is 2.56. The molecule has 108 valence electrons. The first kappa shape index (κ1) is 17.7. The van der Waals surface area contributed by atoms with Gasteiger partial charge < -0.3 is 20.5 Å². The Morgan fingerprint density at radius 1 is 1.47 bits per heavy atom. The molecule has 6 heteroatoms. The third kappa shape index (κ3) is 5.06.